The Hall–Kier alpha value is -2.86. The summed E-state index contributed by atoms with van der Waals surface area (Å²) in [5.74, 6) is -0.258. The summed E-state index contributed by atoms with van der Waals surface area (Å²) in [6, 6.07) is 11.4. The first-order chi connectivity index (χ1) is 12.0. The van der Waals surface area contributed by atoms with Crippen LogP contribution in [0.4, 0.5) is 11.4 Å². The minimum Gasteiger partial charge on any atom is -0.479 e. The van der Waals surface area contributed by atoms with Gasteiger partial charge in [0.2, 0.25) is 5.91 Å². The number of anilines is 2. The predicted molar refractivity (Wildman–Crippen MR) is 94.4 cm³/mol. The van der Waals surface area contributed by atoms with Crippen molar-refractivity contribution in [2.45, 2.75) is 13.0 Å². The summed E-state index contributed by atoms with van der Waals surface area (Å²) in [6.45, 7) is 1.42. The number of hydrogen-bond donors (Lipinski definition) is 1. The molecule has 0 fully saturated rings. The fourth-order valence-corrected chi connectivity index (χ4v) is 2.66. The first-order valence-corrected chi connectivity index (χ1v) is 7.98. The number of nitrogens with zero attached hydrogens (tertiary/aromatic N) is 1. The SMILES string of the molecule is CC1Oc2ccc(C=O)cc2N(CC(=O)Nc2ccc(Cl)cc2)C1=O. The van der Waals surface area contributed by atoms with E-state index in [-0.39, 0.29) is 18.4 Å². The number of halogens is 1. The fourth-order valence-electron chi connectivity index (χ4n) is 2.54. The molecule has 0 radical (unpaired) electrons. The number of carbonyl (C=O) groups excluding carboxylic acids is 3. The Morgan fingerprint density at radius 1 is 1.28 bits per heavy atom. The highest BCUT2D eigenvalue weighted by Crippen LogP contribution is 2.34. The molecule has 7 heteroatoms. The van der Waals surface area contributed by atoms with Gasteiger partial charge in [-0.1, -0.05) is 11.6 Å². The highest BCUT2D eigenvalue weighted by atomic mass is 35.5. The van der Waals surface area contributed by atoms with Crippen molar-refractivity contribution in [2.24, 2.45) is 0 Å². The Labute approximate surface area is 149 Å². The minimum atomic E-state index is -0.710. The summed E-state index contributed by atoms with van der Waals surface area (Å²) in [5, 5.41) is 3.27. The van der Waals surface area contributed by atoms with Crippen LogP contribution in [0.2, 0.25) is 5.02 Å². The van der Waals surface area contributed by atoms with Crippen molar-refractivity contribution in [1.29, 1.82) is 0 Å². The van der Waals surface area contributed by atoms with Crippen molar-refractivity contribution in [2.75, 3.05) is 16.8 Å². The van der Waals surface area contributed by atoms with Gasteiger partial charge in [-0.25, -0.2) is 0 Å². The first-order valence-electron chi connectivity index (χ1n) is 7.60. The second-order valence-corrected chi connectivity index (χ2v) is 6.02. The molecule has 2 aromatic rings. The summed E-state index contributed by atoms with van der Waals surface area (Å²) < 4.78 is 5.53. The quantitative estimate of drug-likeness (QED) is 0.853. The Kier molecular flexibility index (Phi) is 4.72. The van der Waals surface area contributed by atoms with Gasteiger partial charge in [0, 0.05) is 16.3 Å². The second-order valence-electron chi connectivity index (χ2n) is 5.58. The van der Waals surface area contributed by atoms with Gasteiger partial charge in [0.1, 0.15) is 18.6 Å². The van der Waals surface area contributed by atoms with Crippen molar-refractivity contribution in [3.05, 3.63) is 53.1 Å². The van der Waals surface area contributed by atoms with Gasteiger partial charge in [-0.15, -0.1) is 0 Å². The lowest BCUT2D eigenvalue weighted by molar-refractivity contribution is -0.127. The zero-order valence-corrected chi connectivity index (χ0v) is 14.1. The lowest BCUT2D eigenvalue weighted by Crippen LogP contribution is -2.47. The number of ether oxygens (including phenoxy) is 1. The zero-order valence-electron chi connectivity index (χ0n) is 13.4. The average molecular weight is 359 g/mol. The molecule has 6 nitrogen and oxygen atoms in total. The van der Waals surface area contributed by atoms with Gasteiger partial charge >= 0.3 is 0 Å². The molecule has 1 heterocycles. The highest BCUT2D eigenvalue weighted by molar-refractivity contribution is 6.30. The number of carbonyl (C=O) groups is 3. The number of hydrogen-bond acceptors (Lipinski definition) is 4. The Morgan fingerprint density at radius 3 is 2.68 bits per heavy atom. The highest BCUT2D eigenvalue weighted by Gasteiger charge is 2.32. The van der Waals surface area contributed by atoms with E-state index in [1.165, 1.54) is 11.0 Å². The smallest absolute Gasteiger partial charge is 0.268 e. The zero-order chi connectivity index (χ0) is 18.0. The third-order valence-corrected chi connectivity index (χ3v) is 4.01. The molecule has 1 unspecified atom stereocenters. The van der Waals surface area contributed by atoms with E-state index in [9.17, 15) is 14.4 Å². The van der Waals surface area contributed by atoms with Crippen LogP contribution in [0.3, 0.4) is 0 Å². The van der Waals surface area contributed by atoms with Gasteiger partial charge in [-0.2, -0.15) is 0 Å². The second kappa shape index (κ2) is 6.94. The maximum Gasteiger partial charge on any atom is 0.268 e. The summed E-state index contributed by atoms with van der Waals surface area (Å²) in [7, 11) is 0. The van der Waals surface area contributed by atoms with Crippen LogP contribution in [-0.2, 0) is 9.59 Å². The van der Waals surface area contributed by atoms with E-state index in [0.29, 0.717) is 34.0 Å². The molecule has 25 heavy (non-hydrogen) atoms. The standard InChI is InChI=1S/C18H15ClN2O4/c1-11-18(24)21(15-8-12(10-22)2-7-16(15)25-11)9-17(23)20-14-5-3-13(19)4-6-14/h2-8,10-11H,9H2,1H3,(H,20,23). The molecule has 1 aliphatic rings. The molecule has 0 saturated heterocycles. The Morgan fingerprint density at radius 2 is 2.00 bits per heavy atom. The molecule has 0 saturated carbocycles. The third-order valence-electron chi connectivity index (χ3n) is 3.76. The van der Waals surface area contributed by atoms with Gasteiger partial charge in [-0.3, -0.25) is 19.3 Å². The van der Waals surface area contributed by atoms with Crippen molar-refractivity contribution in [3.8, 4) is 5.75 Å². The lowest BCUT2D eigenvalue weighted by atomic mass is 10.1. The van der Waals surface area contributed by atoms with Gasteiger partial charge < -0.3 is 10.1 Å². The lowest BCUT2D eigenvalue weighted by Gasteiger charge is -2.32. The number of fused-ring (bicyclic) bond motifs is 1. The maximum atomic E-state index is 12.4. The largest absolute Gasteiger partial charge is 0.479 e. The molecule has 1 aliphatic heterocycles. The van der Waals surface area contributed by atoms with Crippen molar-refractivity contribution >= 4 is 41.1 Å². The molecular weight excluding hydrogens is 344 g/mol. The van der Waals surface area contributed by atoms with E-state index in [4.69, 9.17) is 16.3 Å². The van der Waals surface area contributed by atoms with Crippen LogP contribution in [0.1, 0.15) is 17.3 Å². The van der Waals surface area contributed by atoms with Gasteiger partial charge in [0.15, 0.2) is 6.10 Å². The van der Waals surface area contributed by atoms with Crippen molar-refractivity contribution in [3.63, 3.8) is 0 Å². The van der Waals surface area contributed by atoms with Gasteiger partial charge in [0.25, 0.3) is 5.91 Å². The van der Waals surface area contributed by atoms with Crippen molar-refractivity contribution in [1.82, 2.24) is 0 Å². The number of benzene rings is 2. The molecule has 1 N–H and O–H groups in total. The van der Waals surface area contributed by atoms with Crippen LogP contribution in [0.5, 0.6) is 5.75 Å². The topological polar surface area (TPSA) is 75.7 Å². The average Bonchev–Trinajstić information content (AvgIpc) is 2.60. The van der Waals surface area contributed by atoms with Gasteiger partial charge in [0.05, 0.1) is 5.69 Å². The van der Waals surface area contributed by atoms with Crippen LogP contribution in [0, 0.1) is 0 Å². The molecule has 0 aliphatic carbocycles. The fraction of sp³-hybridized carbons (Fsp3) is 0.167. The predicted octanol–water partition coefficient (Wildman–Crippen LogP) is 2.91. The molecule has 0 bridgehead atoms. The van der Waals surface area contributed by atoms with Crippen LogP contribution in [0.25, 0.3) is 0 Å². The van der Waals surface area contributed by atoms with E-state index < -0.39 is 6.10 Å². The Bertz CT molecular complexity index is 835. The summed E-state index contributed by atoms with van der Waals surface area (Å²) in [5.41, 5.74) is 1.37. The van der Waals surface area contributed by atoms with Crippen LogP contribution < -0.4 is 15.0 Å². The Balaban J connectivity index is 1.83. The summed E-state index contributed by atoms with van der Waals surface area (Å²) in [6.07, 6.45) is -0.0349. The molecule has 1 atom stereocenters. The number of rotatable bonds is 4. The van der Waals surface area contributed by atoms with Crippen LogP contribution in [0.15, 0.2) is 42.5 Å². The molecule has 128 valence electrons. The monoisotopic (exact) mass is 358 g/mol. The maximum absolute atomic E-state index is 12.4. The van der Waals surface area contributed by atoms with E-state index in [0.717, 1.165) is 0 Å². The van der Waals surface area contributed by atoms with E-state index in [1.54, 1.807) is 43.3 Å². The number of aldehydes is 1. The van der Waals surface area contributed by atoms with E-state index >= 15 is 0 Å². The molecule has 0 aromatic heterocycles. The number of nitrogens with one attached hydrogen (secondary N) is 1. The molecular formula is C18H15ClN2O4. The first kappa shape index (κ1) is 17.0. The van der Waals surface area contributed by atoms with Crippen molar-refractivity contribution < 1.29 is 19.1 Å². The molecule has 0 spiro atoms. The van der Waals surface area contributed by atoms with Gasteiger partial charge in [-0.05, 0) is 49.4 Å². The molecule has 3 rings (SSSR count). The third kappa shape index (κ3) is 3.64. The molecule has 2 aromatic carbocycles. The molecule has 2 amide bonds. The summed E-state index contributed by atoms with van der Waals surface area (Å²) in [4.78, 5) is 37.1. The van der Waals surface area contributed by atoms with E-state index in [1.807, 2.05) is 0 Å². The minimum absolute atomic E-state index is 0.190. The summed E-state index contributed by atoms with van der Waals surface area (Å²) >= 11 is 5.82. The van der Waals surface area contributed by atoms with Crippen LogP contribution >= 0.6 is 11.6 Å². The van der Waals surface area contributed by atoms with E-state index in [2.05, 4.69) is 5.32 Å². The normalized spacial score (nSPS) is 16.0. The van der Waals surface area contributed by atoms with Crippen LogP contribution in [-0.4, -0.2) is 30.7 Å². The number of amides is 2.